The SMILES string of the molecule is CSSCO[C@@H]1C[C@H](n2cc(C#CCNC(=O)OCCSSCCN)c(=O)[nH]c2=O)O[C@@H]1COP(=O)(O)OP(=O)(O)OP(=O)(O)O. The molecule has 0 aliphatic carbocycles. The van der Waals surface area contributed by atoms with Crippen molar-refractivity contribution in [2.75, 3.05) is 50.0 Å². The molecule has 8 N–H and O–H groups in total. The number of nitrogens with two attached hydrogens (primary N) is 1. The first kappa shape index (κ1) is 41.4. The fraction of sp³-hybridized carbons (Fsp3) is 0.632. The lowest BCUT2D eigenvalue weighted by Gasteiger charge is -2.21. The van der Waals surface area contributed by atoms with E-state index in [1.54, 1.807) is 17.0 Å². The van der Waals surface area contributed by atoms with E-state index in [1.807, 2.05) is 0 Å². The average Bonchev–Trinajstić information content (AvgIpc) is 3.33. The van der Waals surface area contributed by atoms with Crippen LogP contribution in [0.2, 0.25) is 0 Å². The number of rotatable bonds is 19. The highest BCUT2D eigenvalue weighted by atomic mass is 33.1. The largest absolute Gasteiger partial charge is 0.490 e. The highest BCUT2D eigenvalue weighted by Crippen LogP contribution is 2.66. The lowest BCUT2D eigenvalue weighted by atomic mass is 10.2. The van der Waals surface area contributed by atoms with Gasteiger partial charge in [-0.25, -0.2) is 23.3 Å². The van der Waals surface area contributed by atoms with E-state index in [0.29, 0.717) is 12.3 Å². The number of aromatic nitrogens is 2. The fourth-order valence-electron chi connectivity index (χ4n) is 3.26. The number of carbonyl (C=O) groups is 1. The number of phosphoric ester groups is 1. The van der Waals surface area contributed by atoms with E-state index in [1.165, 1.54) is 32.4 Å². The van der Waals surface area contributed by atoms with Gasteiger partial charge in [-0.05, 0) is 6.26 Å². The predicted molar refractivity (Wildman–Crippen MR) is 171 cm³/mol. The molecule has 1 aliphatic heterocycles. The molecule has 0 aromatic carbocycles. The Balaban J connectivity index is 2.08. The second kappa shape index (κ2) is 20.0. The Hall–Kier alpha value is -0.800. The summed E-state index contributed by atoms with van der Waals surface area (Å²) in [6.45, 7) is -0.304. The Morgan fingerprint density at radius 2 is 1.87 bits per heavy atom. The zero-order valence-electron chi connectivity index (χ0n) is 23.7. The van der Waals surface area contributed by atoms with Crippen LogP contribution < -0.4 is 22.3 Å². The molecule has 1 aromatic heterocycles. The molecule has 0 spiro atoms. The second-order valence-corrected chi connectivity index (χ2v) is 17.9. The van der Waals surface area contributed by atoms with E-state index < -0.39 is 65.9 Å². The van der Waals surface area contributed by atoms with Crippen LogP contribution in [0.25, 0.3) is 0 Å². The number of aromatic amines is 1. The number of ether oxygens (including phenoxy) is 3. The zero-order valence-corrected chi connectivity index (χ0v) is 29.6. The molecule has 1 amide bonds. The summed E-state index contributed by atoms with van der Waals surface area (Å²) in [5, 5.41) is 2.40. The van der Waals surface area contributed by atoms with Gasteiger partial charge in [0.1, 0.15) is 30.4 Å². The van der Waals surface area contributed by atoms with Crippen molar-refractivity contribution in [3.63, 3.8) is 0 Å². The molecule has 0 saturated carbocycles. The minimum absolute atomic E-state index is 0.0470. The molecule has 20 nitrogen and oxygen atoms in total. The van der Waals surface area contributed by atoms with E-state index in [2.05, 4.69) is 35.3 Å². The van der Waals surface area contributed by atoms with Crippen molar-refractivity contribution in [3.8, 4) is 11.8 Å². The molecule has 1 fully saturated rings. The number of amides is 1. The maximum atomic E-state index is 12.6. The van der Waals surface area contributed by atoms with Gasteiger partial charge in [0.05, 0.1) is 19.3 Å². The molecule has 2 rings (SSSR count). The van der Waals surface area contributed by atoms with Crippen LogP contribution in [-0.2, 0) is 41.1 Å². The molecule has 27 heteroatoms. The second-order valence-electron chi connectivity index (χ2n) is 8.29. The van der Waals surface area contributed by atoms with Crippen molar-refractivity contribution < 1.29 is 65.4 Å². The third kappa shape index (κ3) is 16.1. The van der Waals surface area contributed by atoms with Crippen LogP contribution in [0.15, 0.2) is 15.8 Å². The molecular formula is C19H31N4O16P3S4. The molecule has 1 aliphatic rings. The third-order valence-electron chi connectivity index (χ3n) is 4.95. The monoisotopic (exact) mass is 792 g/mol. The Morgan fingerprint density at radius 1 is 1.15 bits per heavy atom. The smallest absolute Gasteiger partial charge is 0.449 e. The minimum atomic E-state index is -5.75. The van der Waals surface area contributed by atoms with E-state index >= 15 is 0 Å². The topological polar surface area (TPSA) is 297 Å². The molecule has 262 valence electrons. The van der Waals surface area contributed by atoms with Gasteiger partial charge in [-0.2, -0.15) is 8.62 Å². The van der Waals surface area contributed by atoms with Crippen LogP contribution in [0.1, 0.15) is 18.2 Å². The standard InChI is InChI=1S/C19H31N4O16P3S4/c1-43-46-12-35-14-9-16(37-15(14)11-36-41(30,31)39-42(32,33)38-40(27,28)29)23-10-13(17(24)22-18(23)25)3-2-5-21-19(26)34-6-8-45-44-7-4-20/h10,14-16H,4-9,11-12,20H2,1H3,(H,21,26)(H,30,31)(H,32,33)(H,22,24,25)(H2,27,28,29)/t14-,15-,16-/m1/s1. The quantitative estimate of drug-likeness (QED) is 0.0337. The van der Waals surface area contributed by atoms with Gasteiger partial charge in [-0.1, -0.05) is 55.0 Å². The van der Waals surface area contributed by atoms with Gasteiger partial charge in [0.15, 0.2) is 0 Å². The summed E-state index contributed by atoms with van der Waals surface area (Å²) in [7, 11) is -11.1. The molecule has 0 radical (unpaired) electrons. The molecule has 2 heterocycles. The summed E-state index contributed by atoms with van der Waals surface area (Å²) >= 11 is 0. The van der Waals surface area contributed by atoms with E-state index in [0.717, 1.165) is 16.5 Å². The van der Waals surface area contributed by atoms with Crippen molar-refractivity contribution >= 4 is 72.7 Å². The van der Waals surface area contributed by atoms with Crippen LogP contribution >= 0.6 is 66.6 Å². The van der Waals surface area contributed by atoms with Crippen molar-refractivity contribution in [1.29, 1.82) is 0 Å². The summed E-state index contributed by atoms with van der Waals surface area (Å²) in [6, 6.07) is 0. The number of alkyl carbamates (subject to hydrolysis) is 1. The summed E-state index contributed by atoms with van der Waals surface area (Å²) in [5.41, 5.74) is 3.50. The molecule has 0 bridgehead atoms. The Bertz CT molecular complexity index is 1480. The van der Waals surface area contributed by atoms with Gasteiger partial charge in [0.2, 0.25) is 0 Å². The maximum absolute atomic E-state index is 12.6. The van der Waals surface area contributed by atoms with Crippen LogP contribution in [0.5, 0.6) is 0 Å². The summed E-state index contributed by atoms with van der Waals surface area (Å²) in [6.07, 6.45) is -1.10. The van der Waals surface area contributed by atoms with Crippen LogP contribution in [-0.4, -0.2) is 97.4 Å². The van der Waals surface area contributed by atoms with Crippen molar-refractivity contribution in [2.45, 2.75) is 24.9 Å². The van der Waals surface area contributed by atoms with Gasteiger partial charge in [0.25, 0.3) is 5.56 Å². The summed E-state index contributed by atoms with van der Waals surface area (Å²) in [5.74, 6) is 6.53. The first-order valence-corrected chi connectivity index (χ1v) is 22.2. The summed E-state index contributed by atoms with van der Waals surface area (Å²) < 4.78 is 64.1. The van der Waals surface area contributed by atoms with Gasteiger partial charge in [-0.3, -0.25) is 18.9 Å². The molecule has 1 saturated heterocycles. The number of carbonyl (C=O) groups excluding carboxylic acids is 1. The van der Waals surface area contributed by atoms with Crippen LogP contribution in [0.3, 0.4) is 0 Å². The third-order valence-corrected chi connectivity index (χ3v) is 12.6. The Labute approximate surface area is 277 Å². The normalized spacial score (nSPS) is 20.7. The first-order valence-electron chi connectivity index (χ1n) is 12.5. The van der Waals surface area contributed by atoms with Crippen molar-refractivity contribution in [3.05, 3.63) is 32.6 Å². The lowest BCUT2D eigenvalue weighted by molar-refractivity contribution is -0.0543. The molecule has 1 aromatic rings. The van der Waals surface area contributed by atoms with Crippen molar-refractivity contribution in [1.82, 2.24) is 14.9 Å². The molecule has 5 atom stereocenters. The highest BCUT2D eigenvalue weighted by Gasteiger charge is 2.43. The average molecular weight is 793 g/mol. The number of H-pyrrole nitrogens is 1. The van der Waals surface area contributed by atoms with Gasteiger partial charge in [-0.15, -0.1) is 0 Å². The van der Waals surface area contributed by atoms with Gasteiger partial charge in [0, 0.05) is 30.7 Å². The van der Waals surface area contributed by atoms with Crippen molar-refractivity contribution in [2.24, 2.45) is 5.73 Å². The number of hydrogen-bond acceptors (Lipinski definition) is 17. The first-order chi connectivity index (χ1) is 21.6. The van der Waals surface area contributed by atoms with Crippen LogP contribution in [0.4, 0.5) is 4.79 Å². The fourth-order valence-corrected chi connectivity index (χ4v) is 8.76. The maximum Gasteiger partial charge on any atom is 0.490 e. The summed E-state index contributed by atoms with van der Waals surface area (Å²) in [4.78, 5) is 75.3. The zero-order chi connectivity index (χ0) is 34.4. The number of nitrogens with zero attached hydrogens (tertiary/aromatic N) is 1. The molecule has 2 unspecified atom stereocenters. The predicted octanol–water partition coefficient (Wildman–Crippen LogP) is 0.939. The van der Waals surface area contributed by atoms with Gasteiger partial charge >= 0.3 is 35.3 Å². The lowest BCUT2D eigenvalue weighted by Crippen LogP contribution is -2.34. The molecular weight excluding hydrogens is 761 g/mol. The molecule has 46 heavy (non-hydrogen) atoms. The van der Waals surface area contributed by atoms with E-state index in [-0.39, 0.29) is 31.1 Å². The number of hydrogen-bond donors (Lipinski definition) is 7. The highest BCUT2D eigenvalue weighted by molar-refractivity contribution is 8.76. The number of nitrogens with one attached hydrogen (secondary N) is 2. The minimum Gasteiger partial charge on any atom is -0.449 e. The Morgan fingerprint density at radius 3 is 2.54 bits per heavy atom. The van der Waals surface area contributed by atoms with Crippen LogP contribution in [0, 0.1) is 11.8 Å². The number of phosphoric acid groups is 3. The van der Waals surface area contributed by atoms with E-state index in [9.17, 15) is 37.9 Å². The van der Waals surface area contributed by atoms with Gasteiger partial charge < -0.3 is 44.8 Å². The van der Waals surface area contributed by atoms with E-state index in [4.69, 9.17) is 29.7 Å². The Kier molecular flexibility index (Phi) is 18.0.